The number of nitrogens with two attached hydrogens (primary N) is 1. The van der Waals surface area contributed by atoms with Gasteiger partial charge in [-0.05, 0) is 44.4 Å². The fourth-order valence-electron chi connectivity index (χ4n) is 2.86. The average molecular weight is 452 g/mol. The molecule has 0 fully saturated rings. The highest BCUT2D eigenvalue weighted by Gasteiger charge is 2.33. The van der Waals surface area contributed by atoms with E-state index in [4.69, 9.17) is 19.9 Å². The van der Waals surface area contributed by atoms with Gasteiger partial charge in [0.15, 0.2) is 11.5 Å². The molecule has 0 bridgehead atoms. The Morgan fingerprint density at radius 1 is 1.00 bits per heavy atom. The van der Waals surface area contributed by atoms with Gasteiger partial charge in [0.1, 0.15) is 6.04 Å². The van der Waals surface area contributed by atoms with E-state index in [1.807, 2.05) is 0 Å². The molecule has 0 amide bonds. The topological polar surface area (TPSA) is 142 Å². The zero-order valence-electron chi connectivity index (χ0n) is 19.5. The quantitative estimate of drug-likeness (QED) is 0.405. The molecular weight excluding hydrogens is 418 g/mol. The van der Waals surface area contributed by atoms with Crippen molar-refractivity contribution >= 4 is 23.9 Å². The maximum Gasteiger partial charge on any atom is 0.321 e. The molecule has 0 heterocycles. The van der Waals surface area contributed by atoms with Gasteiger partial charge < -0.3 is 25.1 Å². The van der Waals surface area contributed by atoms with Crippen molar-refractivity contribution in [2.75, 3.05) is 6.61 Å². The number of aliphatic carboxylic acids is 1. The smallest absolute Gasteiger partial charge is 0.321 e. The lowest BCUT2D eigenvalue weighted by molar-refractivity contribution is -0.154. The first-order chi connectivity index (χ1) is 14.8. The maximum atomic E-state index is 12.1. The van der Waals surface area contributed by atoms with Crippen molar-refractivity contribution < 1.29 is 38.5 Å². The van der Waals surface area contributed by atoms with Gasteiger partial charge in [-0.15, -0.1) is 0 Å². The summed E-state index contributed by atoms with van der Waals surface area (Å²) in [6, 6.07) is 3.09. The summed E-state index contributed by atoms with van der Waals surface area (Å²) in [6.45, 7) is 10.0. The molecule has 2 unspecified atom stereocenters. The van der Waals surface area contributed by atoms with E-state index in [9.17, 15) is 24.3 Å². The number of hydrogen-bond acceptors (Lipinski definition) is 8. The Kier molecular flexibility index (Phi) is 9.83. The van der Waals surface area contributed by atoms with E-state index in [2.05, 4.69) is 0 Å². The Hall–Kier alpha value is -2.94. The van der Waals surface area contributed by atoms with Crippen LogP contribution in [0, 0.1) is 11.3 Å². The fraction of sp³-hybridized carbons (Fsp3) is 0.565. The van der Waals surface area contributed by atoms with Crippen molar-refractivity contribution in [1.29, 1.82) is 0 Å². The van der Waals surface area contributed by atoms with Crippen LogP contribution in [0.4, 0.5) is 0 Å². The van der Waals surface area contributed by atoms with Crippen molar-refractivity contribution in [3.8, 4) is 11.5 Å². The van der Waals surface area contributed by atoms with Gasteiger partial charge in [-0.3, -0.25) is 19.2 Å². The minimum atomic E-state index is -1.32. The SMILES string of the molecule is CCC(=O)Oc1ccc(C(C(C)COC(=O)C(C)(C)C)[C@H](N)C(=O)O)cc1OC(=O)CC. The standard InChI is InChI=1S/C23H33NO8/c1-7-17(25)31-15-10-9-14(11-16(15)32-18(26)8-2)19(20(24)21(27)28)13(3)12-30-22(29)23(4,5)6/h9-11,13,19-20H,7-8,12,24H2,1-6H3,(H,27,28)/t13?,19?,20-/m0/s1. The lowest BCUT2D eigenvalue weighted by atomic mass is 9.82. The van der Waals surface area contributed by atoms with Crippen LogP contribution >= 0.6 is 0 Å². The number of carboxylic acid groups (broad SMARTS) is 1. The van der Waals surface area contributed by atoms with Gasteiger partial charge >= 0.3 is 23.9 Å². The minimum absolute atomic E-state index is 0.0161. The Balaban J connectivity index is 3.34. The number of carbonyl (C=O) groups is 4. The molecule has 1 rings (SSSR count). The number of carbonyl (C=O) groups excluding carboxylic acids is 3. The van der Waals surface area contributed by atoms with Crippen molar-refractivity contribution in [2.45, 2.75) is 66.3 Å². The van der Waals surface area contributed by atoms with Gasteiger partial charge in [-0.2, -0.15) is 0 Å². The van der Waals surface area contributed by atoms with Gasteiger partial charge in [0.05, 0.1) is 12.0 Å². The second-order valence-corrected chi connectivity index (χ2v) is 8.58. The first-order valence-corrected chi connectivity index (χ1v) is 10.5. The molecule has 0 saturated carbocycles. The van der Waals surface area contributed by atoms with Crippen molar-refractivity contribution in [2.24, 2.45) is 17.1 Å². The molecule has 1 aromatic rings. The highest BCUT2D eigenvalue weighted by atomic mass is 16.6. The summed E-state index contributed by atoms with van der Waals surface area (Å²) in [5, 5.41) is 9.54. The number of rotatable bonds is 10. The highest BCUT2D eigenvalue weighted by molar-refractivity contribution is 5.77. The molecule has 0 spiro atoms. The van der Waals surface area contributed by atoms with Crippen LogP contribution in [0.3, 0.4) is 0 Å². The average Bonchev–Trinajstić information content (AvgIpc) is 2.72. The first kappa shape index (κ1) is 27.1. The molecule has 0 saturated heterocycles. The van der Waals surface area contributed by atoms with Crippen LogP contribution in [0.1, 0.15) is 65.9 Å². The molecule has 3 N–H and O–H groups in total. The molecular formula is C23H33NO8. The Bertz CT molecular complexity index is 843. The van der Waals surface area contributed by atoms with Gasteiger partial charge in [0.25, 0.3) is 0 Å². The van der Waals surface area contributed by atoms with E-state index in [1.165, 1.54) is 12.1 Å². The van der Waals surface area contributed by atoms with E-state index in [0.717, 1.165) is 0 Å². The van der Waals surface area contributed by atoms with Crippen molar-refractivity contribution in [3.63, 3.8) is 0 Å². The number of hydrogen-bond donors (Lipinski definition) is 2. The van der Waals surface area contributed by atoms with Gasteiger partial charge in [0, 0.05) is 18.8 Å². The van der Waals surface area contributed by atoms with Crippen LogP contribution in [0.2, 0.25) is 0 Å². The van der Waals surface area contributed by atoms with Crippen LogP contribution in [0.15, 0.2) is 18.2 Å². The third-order valence-electron chi connectivity index (χ3n) is 4.75. The molecule has 178 valence electrons. The summed E-state index contributed by atoms with van der Waals surface area (Å²) < 4.78 is 15.9. The van der Waals surface area contributed by atoms with Gasteiger partial charge in [0.2, 0.25) is 0 Å². The maximum absolute atomic E-state index is 12.1. The van der Waals surface area contributed by atoms with Crippen LogP contribution in [-0.4, -0.2) is 41.6 Å². The summed E-state index contributed by atoms with van der Waals surface area (Å²) in [4.78, 5) is 47.4. The van der Waals surface area contributed by atoms with Crippen LogP contribution in [0.25, 0.3) is 0 Å². The molecule has 0 aliphatic heterocycles. The van der Waals surface area contributed by atoms with E-state index in [1.54, 1.807) is 47.6 Å². The van der Waals surface area contributed by atoms with Crippen molar-refractivity contribution in [3.05, 3.63) is 23.8 Å². The number of ether oxygens (including phenoxy) is 3. The van der Waals surface area contributed by atoms with Crippen LogP contribution in [0.5, 0.6) is 11.5 Å². The van der Waals surface area contributed by atoms with E-state index < -0.39 is 47.2 Å². The third kappa shape index (κ3) is 7.64. The number of benzene rings is 1. The summed E-state index contributed by atoms with van der Waals surface area (Å²) in [7, 11) is 0. The van der Waals surface area contributed by atoms with Crippen molar-refractivity contribution in [1.82, 2.24) is 0 Å². The monoisotopic (exact) mass is 451 g/mol. The van der Waals surface area contributed by atoms with Gasteiger partial charge in [-0.1, -0.05) is 26.8 Å². The second kappa shape index (κ2) is 11.6. The lowest BCUT2D eigenvalue weighted by Gasteiger charge is -2.29. The molecule has 3 atom stereocenters. The predicted octanol–water partition coefficient (Wildman–Crippen LogP) is 3.04. The van der Waals surface area contributed by atoms with Crippen LogP contribution in [-0.2, 0) is 23.9 Å². The largest absolute Gasteiger partial charge is 0.480 e. The normalized spacial score (nSPS) is 14.1. The summed E-state index contributed by atoms with van der Waals surface area (Å²) in [5.41, 5.74) is 5.70. The molecule has 0 aromatic heterocycles. The van der Waals surface area contributed by atoms with E-state index in [-0.39, 0.29) is 30.9 Å². The Morgan fingerprint density at radius 3 is 2.00 bits per heavy atom. The third-order valence-corrected chi connectivity index (χ3v) is 4.75. The van der Waals surface area contributed by atoms with E-state index >= 15 is 0 Å². The zero-order chi connectivity index (χ0) is 24.6. The zero-order valence-corrected chi connectivity index (χ0v) is 19.5. The molecule has 32 heavy (non-hydrogen) atoms. The minimum Gasteiger partial charge on any atom is -0.480 e. The summed E-state index contributed by atoms with van der Waals surface area (Å²) in [5.74, 6) is -3.98. The highest BCUT2D eigenvalue weighted by Crippen LogP contribution is 2.36. The Morgan fingerprint density at radius 2 is 1.53 bits per heavy atom. The molecule has 0 radical (unpaired) electrons. The molecule has 9 nitrogen and oxygen atoms in total. The first-order valence-electron chi connectivity index (χ1n) is 10.5. The molecule has 9 heteroatoms. The lowest BCUT2D eigenvalue weighted by Crippen LogP contribution is -2.41. The Labute approximate surface area is 188 Å². The molecule has 0 aliphatic carbocycles. The number of carboxylic acids is 1. The summed E-state index contributed by atoms with van der Waals surface area (Å²) in [6.07, 6.45) is 0.203. The predicted molar refractivity (Wildman–Crippen MR) is 116 cm³/mol. The second-order valence-electron chi connectivity index (χ2n) is 8.58. The number of esters is 3. The van der Waals surface area contributed by atoms with Gasteiger partial charge in [-0.25, -0.2) is 0 Å². The molecule has 1 aromatic carbocycles. The fourth-order valence-corrected chi connectivity index (χ4v) is 2.86. The van der Waals surface area contributed by atoms with E-state index in [0.29, 0.717) is 5.56 Å². The molecule has 0 aliphatic rings. The summed E-state index contributed by atoms with van der Waals surface area (Å²) >= 11 is 0. The van der Waals surface area contributed by atoms with Crippen LogP contribution < -0.4 is 15.2 Å².